The van der Waals surface area contributed by atoms with Crippen LogP contribution in [0.4, 0.5) is 0 Å². The van der Waals surface area contributed by atoms with Gasteiger partial charge in [-0.2, -0.15) is 0 Å². The third kappa shape index (κ3) is 47.7. The van der Waals surface area contributed by atoms with Crippen molar-refractivity contribution in [1.29, 1.82) is 0 Å². The van der Waals surface area contributed by atoms with Crippen molar-refractivity contribution in [3.8, 4) is 0 Å². The molecular weight excluding hydrogens is 757 g/mol. The molecule has 0 N–H and O–H groups in total. The maximum Gasteiger partial charge on any atom is 0.306 e. The molecule has 0 aliphatic rings. The lowest BCUT2D eigenvalue weighted by Gasteiger charge is -2.18. The molecule has 0 spiro atoms. The number of hydrogen-bond acceptors (Lipinski definition) is 6. The van der Waals surface area contributed by atoms with Gasteiger partial charge in [0.05, 0.1) is 0 Å². The normalized spacial score (nSPS) is 12.5. The first-order valence-corrected chi connectivity index (χ1v) is 27.3. The summed E-state index contributed by atoms with van der Waals surface area (Å²) in [6.07, 6.45) is 49.4. The van der Waals surface area contributed by atoms with Gasteiger partial charge in [0.1, 0.15) is 13.2 Å². The van der Waals surface area contributed by atoms with Crippen molar-refractivity contribution in [2.45, 2.75) is 310 Å². The molecule has 0 aromatic carbocycles. The van der Waals surface area contributed by atoms with Gasteiger partial charge in [0, 0.05) is 19.3 Å². The van der Waals surface area contributed by atoms with Crippen LogP contribution in [0.1, 0.15) is 304 Å². The Morgan fingerprint density at radius 3 is 0.934 bits per heavy atom. The molecule has 6 nitrogen and oxygen atoms in total. The molecule has 0 rings (SSSR count). The zero-order valence-electron chi connectivity index (χ0n) is 41.8. The Bertz CT molecular complexity index is 933. The maximum absolute atomic E-state index is 12.8. The number of ether oxygens (including phenoxy) is 3. The minimum atomic E-state index is -0.762. The van der Waals surface area contributed by atoms with E-state index in [-0.39, 0.29) is 31.1 Å². The summed E-state index contributed by atoms with van der Waals surface area (Å²) in [7, 11) is 0. The van der Waals surface area contributed by atoms with Gasteiger partial charge in [-0.1, -0.05) is 266 Å². The highest BCUT2D eigenvalue weighted by molar-refractivity contribution is 5.71. The largest absolute Gasteiger partial charge is 0.462 e. The lowest BCUT2D eigenvalue weighted by molar-refractivity contribution is -0.167. The van der Waals surface area contributed by atoms with Crippen molar-refractivity contribution in [3.05, 3.63) is 0 Å². The van der Waals surface area contributed by atoms with Crippen LogP contribution in [0, 0.1) is 11.8 Å². The van der Waals surface area contributed by atoms with Crippen LogP contribution in [0.25, 0.3) is 0 Å². The molecule has 0 radical (unpaired) electrons. The summed E-state index contributed by atoms with van der Waals surface area (Å²) < 4.78 is 16.8. The van der Waals surface area contributed by atoms with E-state index in [1.807, 2.05) is 0 Å². The third-order valence-electron chi connectivity index (χ3n) is 12.8. The van der Waals surface area contributed by atoms with Gasteiger partial charge < -0.3 is 14.2 Å². The first kappa shape index (κ1) is 59.4. The first-order chi connectivity index (χ1) is 29.8. The van der Waals surface area contributed by atoms with Crippen LogP contribution < -0.4 is 0 Å². The number of carbonyl (C=O) groups is 3. The van der Waals surface area contributed by atoms with Crippen LogP contribution in [0.3, 0.4) is 0 Å². The monoisotopic (exact) mass is 863 g/mol. The number of carbonyl (C=O) groups excluding carboxylic acids is 3. The van der Waals surface area contributed by atoms with E-state index in [0.29, 0.717) is 19.3 Å². The molecule has 0 fully saturated rings. The molecule has 0 aromatic heterocycles. The molecule has 0 bridgehead atoms. The highest BCUT2D eigenvalue weighted by atomic mass is 16.6. The average Bonchev–Trinajstić information content (AvgIpc) is 3.24. The topological polar surface area (TPSA) is 78.9 Å². The summed E-state index contributed by atoms with van der Waals surface area (Å²) in [5.41, 5.74) is 0. The lowest BCUT2D eigenvalue weighted by atomic mass is 9.99. The van der Waals surface area contributed by atoms with Gasteiger partial charge in [-0.05, 0) is 31.1 Å². The number of hydrogen-bond donors (Lipinski definition) is 0. The van der Waals surface area contributed by atoms with Crippen molar-refractivity contribution >= 4 is 17.9 Å². The zero-order chi connectivity index (χ0) is 44.7. The van der Waals surface area contributed by atoms with Crippen LogP contribution in [-0.2, 0) is 28.6 Å². The van der Waals surface area contributed by atoms with Crippen molar-refractivity contribution in [2.24, 2.45) is 11.8 Å². The molecule has 0 aliphatic carbocycles. The minimum absolute atomic E-state index is 0.0636. The zero-order valence-corrected chi connectivity index (χ0v) is 41.8. The fourth-order valence-electron chi connectivity index (χ4n) is 8.31. The minimum Gasteiger partial charge on any atom is -0.462 e. The van der Waals surface area contributed by atoms with E-state index in [0.717, 1.165) is 69.6 Å². The smallest absolute Gasteiger partial charge is 0.306 e. The van der Waals surface area contributed by atoms with Gasteiger partial charge >= 0.3 is 17.9 Å². The number of esters is 3. The van der Waals surface area contributed by atoms with Crippen molar-refractivity contribution in [1.82, 2.24) is 0 Å². The summed E-state index contributed by atoms with van der Waals surface area (Å²) in [5, 5.41) is 0. The van der Waals surface area contributed by atoms with Gasteiger partial charge in [0.15, 0.2) is 6.10 Å². The van der Waals surface area contributed by atoms with E-state index in [1.54, 1.807) is 0 Å². The Morgan fingerprint density at radius 2 is 0.623 bits per heavy atom. The van der Waals surface area contributed by atoms with Crippen LogP contribution in [0.2, 0.25) is 0 Å². The molecule has 1 unspecified atom stereocenters. The second-order valence-electron chi connectivity index (χ2n) is 19.6. The highest BCUT2D eigenvalue weighted by Gasteiger charge is 2.19. The van der Waals surface area contributed by atoms with Crippen molar-refractivity contribution in [3.63, 3.8) is 0 Å². The Hall–Kier alpha value is -1.59. The molecule has 0 saturated heterocycles. The van der Waals surface area contributed by atoms with E-state index in [1.165, 1.54) is 193 Å². The molecule has 0 aromatic rings. The van der Waals surface area contributed by atoms with E-state index >= 15 is 0 Å². The molecule has 6 heteroatoms. The molecule has 0 aliphatic heterocycles. The van der Waals surface area contributed by atoms with E-state index < -0.39 is 6.10 Å². The highest BCUT2D eigenvalue weighted by Crippen LogP contribution is 2.18. The quantitative estimate of drug-likeness (QED) is 0.0344. The van der Waals surface area contributed by atoms with Crippen LogP contribution in [0.15, 0.2) is 0 Å². The second-order valence-corrected chi connectivity index (χ2v) is 19.6. The SMILES string of the molecule is CCCCCCCCCCCCCCCCC(=O)OC[C@@H](COC(=O)CCCCCCCCCCCCCCCCC(C)C)OC(=O)CCCCCCCCCCC(C)CC. The summed E-state index contributed by atoms with van der Waals surface area (Å²) in [6.45, 7) is 11.4. The molecular formula is C55H106O6. The van der Waals surface area contributed by atoms with Gasteiger partial charge in [-0.25, -0.2) is 0 Å². The van der Waals surface area contributed by atoms with Gasteiger partial charge in [-0.15, -0.1) is 0 Å². The summed E-state index contributed by atoms with van der Waals surface area (Å²) in [6, 6.07) is 0. The third-order valence-corrected chi connectivity index (χ3v) is 12.8. The maximum atomic E-state index is 12.8. The molecule has 0 heterocycles. The van der Waals surface area contributed by atoms with E-state index in [2.05, 4.69) is 34.6 Å². The van der Waals surface area contributed by atoms with E-state index in [9.17, 15) is 14.4 Å². The van der Waals surface area contributed by atoms with Gasteiger partial charge in [0.25, 0.3) is 0 Å². The summed E-state index contributed by atoms with van der Waals surface area (Å²) >= 11 is 0. The summed E-state index contributed by atoms with van der Waals surface area (Å²) in [4.78, 5) is 38.0. The standard InChI is InChI=1S/C55H106O6/c1-6-8-9-10-11-12-13-14-18-21-24-30-35-40-45-53(56)59-48-52(61-55(58)47-42-37-32-27-26-29-34-39-44-51(5)7-2)49-60-54(57)46-41-36-31-25-22-19-16-15-17-20-23-28-33-38-43-50(3)4/h50-52H,6-49H2,1-5H3/t51?,52-/m0/s1. The van der Waals surface area contributed by atoms with Gasteiger partial charge in [0.2, 0.25) is 0 Å². The van der Waals surface area contributed by atoms with Crippen molar-refractivity contribution in [2.75, 3.05) is 13.2 Å². The number of unbranched alkanes of at least 4 members (excludes halogenated alkanes) is 33. The lowest BCUT2D eigenvalue weighted by Crippen LogP contribution is -2.30. The fourth-order valence-corrected chi connectivity index (χ4v) is 8.31. The Kier molecular flexibility index (Phi) is 46.6. The van der Waals surface area contributed by atoms with Crippen LogP contribution in [0.5, 0.6) is 0 Å². The average molecular weight is 863 g/mol. The van der Waals surface area contributed by atoms with E-state index in [4.69, 9.17) is 14.2 Å². The first-order valence-electron chi connectivity index (χ1n) is 27.3. The Balaban J connectivity index is 4.29. The molecule has 362 valence electrons. The van der Waals surface area contributed by atoms with Gasteiger partial charge in [-0.3, -0.25) is 14.4 Å². The Labute approximate surface area is 380 Å². The second kappa shape index (κ2) is 47.9. The molecule has 61 heavy (non-hydrogen) atoms. The predicted octanol–water partition coefficient (Wildman–Crippen LogP) is 17.7. The van der Waals surface area contributed by atoms with Crippen LogP contribution >= 0.6 is 0 Å². The fraction of sp³-hybridized carbons (Fsp3) is 0.945. The van der Waals surface area contributed by atoms with Crippen molar-refractivity contribution < 1.29 is 28.6 Å². The molecule has 0 saturated carbocycles. The molecule has 2 atom stereocenters. The van der Waals surface area contributed by atoms with Crippen LogP contribution in [-0.4, -0.2) is 37.2 Å². The summed E-state index contributed by atoms with van der Waals surface area (Å²) in [5.74, 6) is 0.844. The molecule has 0 amide bonds. The number of rotatable bonds is 49. The predicted molar refractivity (Wildman–Crippen MR) is 261 cm³/mol. The Morgan fingerprint density at radius 1 is 0.344 bits per heavy atom.